The van der Waals surface area contributed by atoms with Gasteiger partial charge in [-0.2, -0.15) is 0 Å². The average Bonchev–Trinajstić information content (AvgIpc) is 2.60. The normalized spacial score (nSPS) is 12.2. The Kier molecular flexibility index (Phi) is 6.32. The molecule has 2 rings (SSSR count). The Labute approximate surface area is 138 Å². The molecule has 0 aliphatic heterocycles. The molecule has 1 amide bonds. The second-order valence-electron chi connectivity index (χ2n) is 5.86. The minimum Gasteiger partial charge on any atom is -0.350 e. The highest BCUT2D eigenvalue weighted by atomic mass is 16.1. The summed E-state index contributed by atoms with van der Waals surface area (Å²) in [6, 6.07) is 18.0. The van der Waals surface area contributed by atoms with Crippen molar-refractivity contribution in [3.8, 4) is 0 Å². The average molecular weight is 311 g/mol. The maximum absolute atomic E-state index is 12.2. The summed E-state index contributed by atoms with van der Waals surface area (Å²) in [4.78, 5) is 14.4. The monoisotopic (exact) mass is 311 g/mol. The van der Waals surface area contributed by atoms with E-state index in [1.165, 1.54) is 5.56 Å². The van der Waals surface area contributed by atoms with E-state index in [1.54, 1.807) is 0 Å². The summed E-state index contributed by atoms with van der Waals surface area (Å²) in [5.41, 5.74) is 8.53. The van der Waals surface area contributed by atoms with Gasteiger partial charge >= 0.3 is 0 Å². The van der Waals surface area contributed by atoms with Crippen LogP contribution in [-0.2, 0) is 13.1 Å². The van der Waals surface area contributed by atoms with Crippen LogP contribution < -0.4 is 11.1 Å². The van der Waals surface area contributed by atoms with Gasteiger partial charge in [-0.05, 0) is 37.2 Å². The molecule has 1 unspecified atom stereocenters. The first-order valence-electron chi connectivity index (χ1n) is 7.91. The molecule has 4 heteroatoms. The van der Waals surface area contributed by atoms with Crippen LogP contribution >= 0.6 is 0 Å². The van der Waals surface area contributed by atoms with Crippen molar-refractivity contribution < 1.29 is 4.79 Å². The maximum atomic E-state index is 12.2. The molecule has 0 aliphatic carbocycles. The van der Waals surface area contributed by atoms with Gasteiger partial charge in [0.05, 0.1) is 0 Å². The number of amides is 1. The molecule has 0 saturated carbocycles. The molecule has 1 atom stereocenters. The van der Waals surface area contributed by atoms with E-state index >= 15 is 0 Å². The lowest BCUT2D eigenvalue weighted by atomic mass is 10.1. The molecule has 0 bridgehead atoms. The highest BCUT2D eigenvalue weighted by Crippen LogP contribution is 2.07. The topological polar surface area (TPSA) is 58.4 Å². The summed E-state index contributed by atoms with van der Waals surface area (Å²) in [6.45, 7) is 4.08. The number of nitrogens with zero attached hydrogens (tertiary/aromatic N) is 1. The predicted octanol–water partition coefficient (Wildman–Crippen LogP) is 2.40. The molecule has 0 fully saturated rings. The van der Waals surface area contributed by atoms with E-state index in [1.807, 2.05) is 42.5 Å². The molecule has 2 aromatic carbocycles. The summed E-state index contributed by atoms with van der Waals surface area (Å²) < 4.78 is 0. The minimum atomic E-state index is -0.0477. The summed E-state index contributed by atoms with van der Waals surface area (Å²) >= 11 is 0. The van der Waals surface area contributed by atoms with Crippen molar-refractivity contribution >= 4 is 5.91 Å². The van der Waals surface area contributed by atoms with Crippen molar-refractivity contribution in [1.82, 2.24) is 10.2 Å². The van der Waals surface area contributed by atoms with Gasteiger partial charge < -0.3 is 11.1 Å². The van der Waals surface area contributed by atoms with Crippen molar-refractivity contribution in [3.05, 3.63) is 71.3 Å². The molecule has 23 heavy (non-hydrogen) atoms. The Balaban J connectivity index is 1.82. The van der Waals surface area contributed by atoms with Gasteiger partial charge in [-0.3, -0.25) is 9.69 Å². The summed E-state index contributed by atoms with van der Waals surface area (Å²) in [7, 11) is 2.07. The number of carbonyl (C=O) groups is 1. The molecule has 0 saturated heterocycles. The van der Waals surface area contributed by atoms with Crippen molar-refractivity contribution in [1.29, 1.82) is 0 Å². The van der Waals surface area contributed by atoms with Crippen LogP contribution in [0.25, 0.3) is 0 Å². The number of carbonyl (C=O) groups excluding carboxylic acids is 1. The first kappa shape index (κ1) is 17.2. The molecule has 3 N–H and O–H groups in total. The van der Waals surface area contributed by atoms with E-state index in [-0.39, 0.29) is 11.9 Å². The molecule has 0 aliphatic rings. The lowest BCUT2D eigenvalue weighted by Crippen LogP contribution is -2.39. The standard InChI is InChI=1S/C19H25N3O/c1-15(22(2)14-17-6-4-3-5-7-17)13-21-19(23)18-10-8-16(12-20)9-11-18/h3-11,15H,12-14,20H2,1-2H3,(H,21,23). The van der Waals surface area contributed by atoms with Crippen LogP contribution in [-0.4, -0.2) is 30.4 Å². The number of likely N-dealkylation sites (N-methyl/N-ethyl adjacent to an activating group) is 1. The van der Waals surface area contributed by atoms with E-state index < -0.39 is 0 Å². The number of nitrogens with two attached hydrogens (primary N) is 1. The van der Waals surface area contributed by atoms with Gasteiger partial charge in [-0.25, -0.2) is 0 Å². The fourth-order valence-corrected chi connectivity index (χ4v) is 2.32. The third kappa shape index (κ3) is 5.20. The first-order valence-corrected chi connectivity index (χ1v) is 7.91. The van der Waals surface area contributed by atoms with Gasteiger partial charge in [0.25, 0.3) is 5.91 Å². The van der Waals surface area contributed by atoms with Gasteiger partial charge in [-0.1, -0.05) is 42.5 Å². The highest BCUT2D eigenvalue weighted by molar-refractivity contribution is 5.94. The largest absolute Gasteiger partial charge is 0.350 e. The predicted molar refractivity (Wildman–Crippen MR) is 94.0 cm³/mol. The summed E-state index contributed by atoms with van der Waals surface area (Å²) in [5.74, 6) is -0.0477. The number of nitrogens with one attached hydrogen (secondary N) is 1. The molecular formula is C19H25N3O. The van der Waals surface area contributed by atoms with E-state index in [4.69, 9.17) is 5.73 Å². The number of benzene rings is 2. The number of hydrogen-bond acceptors (Lipinski definition) is 3. The van der Waals surface area contributed by atoms with Crippen LogP contribution in [0.2, 0.25) is 0 Å². The lowest BCUT2D eigenvalue weighted by Gasteiger charge is -2.25. The second kappa shape index (κ2) is 8.46. The zero-order valence-corrected chi connectivity index (χ0v) is 13.8. The van der Waals surface area contributed by atoms with E-state index in [0.717, 1.165) is 12.1 Å². The Hall–Kier alpha value is -2.17. The molecule has 2 aromatic rings. The van der Waals surface area contributed by atoms with Crippen molar-refractivity contribution in [2.45, 2.75) is 26.1 Å². The van der Waals surface area contributed by atoms with Crippen LogP contribution in [0, 0.1) is 0 Å². The van der Waals surface area contributed by atoms with Crippen LogP contribution in [0.3, 0.4) is 0 Å². The SMILES string of the molecule is CC(CNC(=O)c1ccc(CN)cc1)N(C)Cc1ccccc1. The Morgan fingerprint density at radius 1 is 1.09 bits per heavy atom. The number of rotatable bonds is 7. The summed E-state index contributed by atoms with van der Waals surface area (Å²) in [6.07, 6.45) is 0. The summed E-state index contributed by atoms with van der Waals surface area (Å²) in [5, 5.41) is 2.99. The first-order chi connectivity index (χ1) is 11.1. The maximum Gasteiger partial charge on any atom is 0.251 e. The van der Waals surface area contributed by atoms with Gasteiger partial charge in [0.1, 0.15) is 0 Å². The highest BCUT2D eigenvalue weighted by Gasteiger charge is 2.12. The van der Waals surface area contributed by atoms with Crippen LogP contribution in [0.5, 0.6) is 0 Å². The fourth-order valence-electron chi connectivity index (χ4n) is 2.32. The molecular weight excluding hydrogens is 286 g/mol. The van der Waals surface area contributed by atoms with Gasteiger partial charge in [-0.15, -0.1) is 0 Å². The van der Waals surface area contributed by atoms with Crippen LogP contribution in [0.1, 0.15) is 28.4 Å². The zero-order chi connectivity index (χ0) is 16.7. The van der Waals surface area contributed by atoms with Crippen molar-refractivity contribution in [2.75, 3.05) is 13.6 Å². The Morgan fingerprint density at radius 2 is 1.74 bits per heavy atom. The Morgan fingerprint density at radius 3 is 2.35 bits per heavy atom. The van der Waals surface area contributed by atoms with Gasteiger partial charge in [0.2, 0.25) is 0 Å². The third-order valence-electron chi connectivity index (χ3n) is 4.04. The molecule has 4 nitrogen and oxygen atoms in total. The Bertz CT molecular complexity index is 610. The lowest BCUT2D eigenvalue weighted by molar-refractivity contribution is 0.0940. The molecule has 122 valence electrons. The third-order valence-corrected chi connectivity index (χ3v) is 4.04. The molecule has 0 radical (unpaired) electrons. The minimum absolute atomic E-state index is 0.0477. The van der Waals surface area contributed by atoms with E-state index in [9.17, 15) is 4.79 Å². The van der Waals surface area contributed by atoms with Crippen molar-refractivity contribution in [2.24, 2.45) is 5.73 Å². The van der Waals surface area contributed by atoms with E-state index in [0.29, 0.717) is 18.7 Å². The van der Waals surface area contributed by atoms with Gasteiger partial charge in [0, 0.05) is 31.2 Å². The van der Waals surface area contributed by atoms with E-state index in [2.05, 4.69) is 36.3 Å². The van der Waals surface area contributed by atoms with Gasteiger partial charge in [0.15, 0.2) is 0 Å². The smallest absolute Gasteiger partial charge is 0.251 e. The fraction of sp³-hybridized carbons (Fsp3) is 0.316. The van der Waals surface area contributed by atoms with Crippen LogP contribution in [0.4, 0.5) is 0 Å². The molecule has 0 aromatic heterocycles. The zero-order valence-electron chi connectivity index (χ0n) is 13.8. The van der Waals surface area contributed by atoms with Crippen LogP contribution in [0.15, 0.2) is 54.6 Å². The van der Waals surface area contributed by atoms with Crippen molar-refractivity contribution in [3.63, 3.8) is 0 Å². The number of hydrogen-bond donors (Lipinski definition) is 2. The molecule has 0 spiro atoms. The quantitative estimate of drug-likeness (QED) is 0.825. The molecule has 0 heterocycles. The second-order valence-corrected chi connectivity index (χ2v) is 5.86.